The molecule has 0 aromatic heterocycles. The van der Waals surface area contributed by atoms with Crippen molar-refractivity contribution < 1.29 is 19.8 Å². The molecule has 0 unspecified atom stereocenters. The van der Waals surface area contributed by atoms with Crippen molar-refractivity contribution in [1.82, 2.24) is 0 Å². The predicted molar refractivity (Wildman–Crippen MR) is 62.0 cm³/mol. The molecule has 0 bridgehead atoms. The van der Waals surface area contributed by atoms with Crippen molar-refractivity contribution in [2.75, 3.05) is 0 Å². The lowest BCUT2D eigenvalue weighted by Gasteiger charge is -2.07. The summed E-state index contributed by atoms with van der Waals surface area (Å²) in [4.78, 5) is 21.8. The number of hydrogen-bond donors (Lipinski definition) is 2. The van der Waals surface area contributed by atoms with Crippen LogP contribution in [-0.4, -0.2) is 22.2 Å². The van der Waals surface area contributed by atoms with Crippen LogP contribution in [-0.2, 0) is 6.42 Å². The third-order valence-electron chi connectivity index (χ3n) is 1.97. The van der Waals surface area contributed by atoms with Crippen LogP contribution in [0.5, 0.6) is 0 Å². The fourth-order valence-electron chi connectivity index (χ4n) is 1.33. The van der Waals surface area contributed by atoms with Gasteiger partial charge in [0.05, 0.1) is 11.1 Å². The third kappa shape index (κ3) is 2.49. The van der Waals surface area contributed by atoms with Crippen LogP contribution >= 0.6 is 15.9 Å². The van der Waals surface area contributed by atoms with Gasteiger partial charge in [-0.1, -0.05) is 6.08 Å². The first-order valence-corrected chi connectivity index (χ1v) is 5.16. The van der Waals surface area contributed by atoms with E-state index in [2.05, 4.69) is 22.5 Å². The first-order chi connectivity index (χ1) is 7.47. The van der Waals surface area contributed by atoms with E-state index in [-0.39, 0.29) is 15.6 Å². The molecule has 1 aromatic carbocycles. The van der Waals surface area contributed by atoms with Gasteiger partial charge in [0.25, 0.3) is 0 Å². The van der Waals surface area contributed by atoms with Crippen LogP contribution in [0.25, 0.3) is 0 Å². The molecule has 0 heterocycles. The second-order valence-electron chi connectivity index (χ2n) is 3.10. The van der Waals surface area contributed by atoms with Crippen molar-refractivity contribution in [2.45, 2.75) is 6.42 Å². The summed E-state index contributed by atoms with van der Waals surface area (Å²) in [6.07, 6.45) is 2.10. The van der Waals surface area contributed by atoms with Gasteiger partial charge in [0, 0.05) is 4.47 Å². The van der Waals surface area contributed by atoms with Crippen LogP contribution in [0.2, 0.25) is 0 Å². The quantitative estimate of drug-likeness (QED) is 0.834. The Kier molecular flexibility index (Phi) is 3.84. The fraction of sp³-hybridized carbons (Fsp3) is 0.0909. The largest absolute Gasteiger partial charge is 0.478 e. The second kappa shape index (κ2) is 4.94. The zero-order valence-electron chi connectivity index (χ0n) is 8.24. The van der Waals surface area contributed by atoms with Gasteiger partial charge in [-0.2, -0.15) is 0 Å². The monoisotopic (exact) mass is 284 g/mol. The van der Waals surface area contributed by atoms with Crippen molar-refractivity contribution in [2.24, 2.45) is 0 Å². The van der Waals surface area contributed by atoms with Crippen LogP contribution in [0.1, 0.15) is 26.3 Å². The number of aromatic carboxylic acids is 2. The summed E-state index contributed by atoms with van der Waals surface area (Å²) < 4.78 is 0.261. The van der Waals surface area contributed by atoms with Crippen molar-refractivity contribution in [1.29, 1.82) is 0 Å². The number of carboxylic acids is 2. The first-order valence-electron chi connectivity index (χ1n) is 4.37. The van der Waals surface area contributed by atoms with E-state index < -0.39 is 11.9 Å². The summed E-state index contributed by atoms with van der Waals surface area (Å²) in [5.74, 6) is -2.53. The van der Waals surface area contributed by atoms with E-state index >= 15 is 0 Å². The smallest absolute Gasteiger partial charge is 0.337 e. The molecule has 4 nitrogen and oxygen atoms in total. The summed E-state index contributed by atoms with van der Waals surface area (Å²) in [5, 5.41) is 17.8. The number of allylic oxidation sites excluding steroid dienone is 1. The fourth-order valence-corrected chi connectivity index (χ4v) is 2.01. The molecule has 0 fully saturated rings. The molecule has 5 heteroatoms. The lowest BCUT2D eigenvalue weighted by molar-refractivity contribution is 0.0650. The molecule has 84 valence electrons. The number of carboxylic acid groups (broad SMARTS) is 2. The van der Waals surface area contributed by atoms with Crippen molar-refractivity contribution >= 4 is 27.9 Å². The van der Waals surface area contributed by atoms with Crippen LogP contribution < -0.4 is 0 Å². The molecule has 0 saturated carbocycles. The van der Waals surface area contributed by atoms with Gasteiger partial charge in [-0.05, 0) is 40.0 Å². The third-order valence-corrected chi connectivity index (χ3v) is 2.60. The molecular weight excluding hydrogens is 276 g/mol. The maximum atomic E-state index is 10.9. The Morgan fingerprint density at radius 2 is 1.94 bits per heavy atom. The molecular formula is C11H9BrO4. The second-order valence-corrected chi connectivity index (χ2v) is 3.96. The van der Waals surface area contributed by atoms with Crippen LogP contribution in [0.15, 0.2) is 29.3 Å². The minimum absolute atomic E-state index is 0.223. The summed E-state index contributed by atoms with van der Waals surface area (Å²) in [7, 11) is 0. The molecule has 0 aliphatic heterocycles. The van der Waals surface area contributed by atoms with E-state index in [4.69, 9.17) is 10.2 Å². The van der Waals surface area contributed by atoms with Gasteiger partial charge in [-0.3, -0.25) is 0 Å². The molecule has 2 N–H and O–H groups in total. The van der Waals surface area contributed by atoms with E-state index in [1.165, 1.54) is 6.07 Å². The number of hydrogen-bond acceptors (Lipinski definition) is 2. The Morgan fingerprint density at radius 3 is 2.38 bits per heavy atom. The lowest BCUT2D eigenvalue weighted by Crippen LogP contribution is -2.09. The summed E-state index contributed by atoms with van der Waals surface area (Å²) in [6.45, 7) is 3.54. The average molecular weight is 285 g/mol. The van der Waals surface area contributed by atoms with Crippen LogP contribution in [0, 0.1) is 0 Å². The van der Waals surface area contributed by atoms with E-state index in [0.717, 1.165) is 0 Å². The Balaban J connectivity index is 3.45. The predicted octanol–water partition coefficient (Wildman–Crippen LogP) is 2.57. The SMILES string of the molecule is C=CCc1cc(Br)c(C(=O)O)c(C(=O)O)c1. The Labute approximate surface area is 100 Å². The molecule has 0 radical (unpaired) electrons. The molecule has 0 aliphatic rings. The number of carbonyl (C=O) groups is 2. The van der Waals surface area contributed by atoms with E-state index in [1.54, 1.807) is 12.1 Å². The maximum absolute atomic E-state index is 10.9. The molecule has 1 aromatic rings. The topological polar surface area (TPSA) is 74.6 Å². The molecule has 0 atom stereocenters. The zero-order chi connectivity index (χ0) is 12.3. The summed E-state index contributed by atoms with van der Waals surface area (Å²) >= 11 is 3.06. The molecule has 0 amide bonds. The zero-order valence-corrected chi connectivity index (χ0v) is 9.82. The van der Waals surface area contributed by atoms with Crippen LogP contribution in [0.3, 0.4) is 0 Å². The van der Waals surface area contributed by atoms with E-state index in [9.17, 15) is 9.59 Å². The first kappa shape index (κ1) is 12.4. The van der Waals surface area contributed by atoms with Gasteiger partial charge in [-0.25, -0.2) is 9.59 Å². The van der Waals surface area contributed by atoms with Gasteiger partial charge >= 0.3 is 11.9 Å². The van der Waals surface area contributed by atoms with Gasteiger partial charge in [0.2, 0.25) is 0 Å². The highest BCUT2D eigenvalue weighted by Crippen LogP contribution is 2.24. The normalized spacial score (nSPS) is 9.81. The van der Waals surface area contributed by atoms with Crippen molar-refractivity contribution in [3.05, 3.63) is 46.0 Å². The maximum Gasteiger partial charge on any atom is 0.337 e. The lowest BCUT2D eigenvalue weighted by atomic mass is 10.0. The highest BCUT2D eigenvalue weighted by atomic mass is 79.9. The molecule has 1 rings (SSSR count). The Morgan fingerprint density at radius 1 is 1.31 bits per heavy atom. The van der Waals surface area contributed by atoms with Crippen molar-refractivity contribution in [3.8, 4) is 0 Å². The molecule has 0 spiro atoms. The minimum Gasteiger partial charge on any atom is -0.478 e. The summed E-state index contributed by atoms with van der Waals surface area (Å²) in [5.41, 5.74) is 0.239. The van der Waals surface area contributed by atoms with Gasteiger partial charge in [0.1, 0.15) is 0 Å². The molecule has 0 saturated heterocycles. The standard InChI is InChI=1S/C11H9BrO4/c1-2-3-6-4-7(10(13)14)9(11(15)16)8(12)5-6/h2,4-5H,1,3H2,(H,13,14)(H,15,16). The number of benzene rings is 1. The van der Waals surface area contributed by atoms with Gasteiger partial charge in [-0.15, -0.1) is 6.58 Å². The Hall–Kier alpha value is -1.62. The number of rotatable bonds is 4. The highest BCUT2D eigenvalue weighted by molar-refractivity contribution is 9.10. The molecule has 16 heavy (non-hydrogen) atoms. The average Bonchev–Trinajstić information content (AvgIpc) is 2.16. The van der Waals surface area contributed by atoms with Crippen LogP contribution in [0.4, 0.5) is 0 Å². The van der Waals surface area contributed by atoms with Gasteiger partial charge < -0.3 is 10.2 Å². The van der Waals surface area contributed by atoms with E-state index in [1.807, 2.05) is 0 Å². The van der Waals surface area contributed by atoms with Crippen molar-refractivity contribution in [3.63, 3.8) is 0 Å². The van der Waals surface area contributed by atoms with Gasteiger partial charge in [0.15, 0.2) is 0 Å². The molecule has 0 aliphatic carbocycles. The minimum atomic E-state index is -1.27. The summed E-state index contributed by atoms with van der Waals surface area (Å²) in [6, 6.07) is 2.93. The highest BCUT2D eigenvalue weighted by Gasteiger charge is 2.20. The van der Waals surface area contributed by atoms with E-state index in [0.29, 0.717) is 12.0 Å². The number of halogens is 1. The Bertz CT molecular complexity index is 465.